The summed E-state index contributed by atoms with van der Waals surface area (Å²) in [6.07, 6.45) is -9.55. The van der Waals surface area contributed by atoms with E-state index >= 15 is 0 Å². The number of hydrogen-bond acceptors (Lipinski definition) is 3. The molecule has 164 valence electrons. The minimum absolute atomic E-state index is 0.0197. The van der Waals surface area contributed by atoms with E-state index in [2.05, 4.69) is 9.47 Å². The van der Waals surface area contributed by atoms with Gasteiger partial charge in [0, 0.05) is 6.07 Å². The third kappa shape index (κ3) is 5.01. The van der Waals surface area contributed by atoms with E-state index in [1.54, 1.807) is 6.92 Å². The highest BCUT2D eigenvalue weighted by Crippen LogP contribution is 2.42. The van der Waals surface area contributed by atoms with Crippen LogP contribution in [0.2, 0.25) is 0 Å². The highest BCUT2D eigenvalue weighted by Gasteiger charge is 2.43. The first-order valence-corrected chi connectivity index (χ1v) is 8.58. The maximum atomic E-state index is 14.9. The van der Waals surface area contributed by atoms with Crippen LogP contribution in [-0.4, -0.2) is 11.5 Å². The van der Waals surface area contributed by atoms with Crippen LogP contribution >= 0.6 is 0 Å². The van der Waals surface area contributed by atoms with E-state index in [1.165, 1.54) is 24.3 Å². The van der Waals surface area contributed by atoms with Crippen LogP contribution in [-0.2, 0) is 6.11 Å². The molecule has 3 aromatic rings. The van der Waals surface area contributed by atoms with Crippen LogP contribution in [0.5, 0.6) is 17.2 Å². The molecule has 3 nitrogen and oxygen atoms in total. The maximum absolute atomic E-state index is 14.9. The highest BCUT2D eigenvalue weighted by molar-refractivity contribution is 5.72. The lowest BCUT2D eigenvalue weighted by Crippen LogP contribution is -2.25. The third-order valence-electron chi connectivity index (χ3n) is 4.13. The Kier molecular flexibility index (Phi) is 5.75. The number of halogens is 7. The van der Waals surface area contributed by atoms with Crippen molar-refractivity contribution in [2.24, 2.45) is 0 Å². The summed E-state index contributed by atoms with van der Waals surface area (Å²) < 4.78 is 103. The van der Waals surface area contributed by atoms with Crippen molar-refractivity contribution in [1.29, 1.82) is 0 Å². The predicted molar refractivity (Wildman–Crippen MR) is 95.8 cm³/mol. The molecule has 0 saturated carbocycles. The zero-order chi connectivity index (χ0) is 23.0. The molecule has 1 N–H and O–H groups in total. The number of phenolic OH excluding ortho intramolecular Hbond substituents is 1. The monoisotopic (exact) mass is 446 g/mol. The molecule has 0 aliphatic heterocycles. The van der Waals surface area contributed by atoms with Crippen LogP contribution in [0.1, 0.15) is 11.1 Å². The van der Waals surface area contributed by atoms with Gasteiger partial charge in [-0.1, -0.05) is 29.8 Å². The molecule has 3 aromatic carbocycles. The first-order valence-electron chi connectivity index (χ1n) is 8.58. The SMILES string of the molecule is Cc1ccc(-c2c(O)cc(F)c(C(F)(F)Oc3ccc(OC(F)(F)F)cc3)c2F)cc1. The second kappa shape index (κ2) is 8.01. The van der Waals surface area contributed by atoms with Crippen LogP contribution in [0.15, 0.2) is 54.6 Å². The van der Waals surface area contributed by atoms with Gasteiger partial charge in [-0.3, -0.25) is 0 Å². The van der Waals surface area contributed by atoms with Gasteiger partial charge in [-0.25, -0.2) is 8.78 Å². The standard InChI is InChI=1S/C21H13F7O3/c1-11-2-4-12(5-3-11)17-16(29)10-15(22)18(19(17)23)20(24,25)30-13-6-8-14(9-7-13)31-21(26,27)28/h2-10,29H,1H3. The smallest absolute Gasteiger partial charge is 0.507 e. The van der Waals surface area contributed by atoms with E-state index in [0.717, 1.165) is 5.56 Å². The molecule has 0 heterocycles. The quantitative estimate of drug-likeness (QED) is 0.445. The van der Waals surface area contributed by atoms with Gasteiger partial charge in [0.1, 0.15) is 28.6 Å². The van der Waals surface area contributed by atoms with Gasteiger partial charge in [-0.15, -0.1) is 13.2 Å². The van der Waals surface area contributed by atoms with Crippen molar-refractivity contribution in [2.75, 3.05) is 0 Å². The van der Waals surface area contributed by atoms with Gasteiger partial charge in [-0.2, -0.15) is 8.78 Å². The van der Waals surface area contributed by atoms with Crippen LogP contribution < -0.4 is 9.47 Å². The minimum Gasteiger partial charge on any atom is -0.507 e. The van der Waals surface area contributed by atoms with E-state index in [-0.39, 0.29) is 5.56 Å². The molecule has 0 atom stereocenters. The molecular formula is C21H13F7O3. The van der Waals surface area contributed by atoms with Crippen LogP contribution in [0.3, 0.4) is 0 Å². The molecule has 3 rings (SSSR count). The van der Waals surface area contributed by atoms with Crippen molar-refractivity contribution < 1.29 is 45.3 Å². The highest BCUT2D eigenvalue weighted by atomic mass is 19.4. The Morgan fingerprint density at radius 2 is 1.29 bits per heavy atom. The largest absolute Gasteiger partial charge is 0.573 e. The maximum Gasteiger partial charge on any atom is 0.573 e. The first kappa shape index (κ1) is 22.3. The number of rotatable bonds is 5. The summed E-state index contributed by atoms with van der Waals surface area (Å²) in [5, 5.41) is 9.93. The van der Waals surface area contributed by atoms with Crippen LogP contribution in [0.4, 0.5) is 30.7 Å². The van der Waals surface area contributed by atoms with Gasteiger partial charge in [0.05, 0.1) is 5.56 Å². The molecule has 0 unspecified atom stereocenters. The molecular weight excluding hydrogens is 433 g/mol. The normalized spacial score (nSPS) is 12.0. The van der Waals surface area contributed by atoms with Crippen LogP contribution in [0.25, 0.3) is 11.1 Å². The number of aromatic hydroxyl groups is 1. The molecule has 31 heavy (non-hydrogen) atoms. The number of phenols is 1. The summed E-state index contributed by atoms with van der Waals surface area (Å²) in [6, 6.07) is 8.93. The Labute approximate surface area is 171 Å². The van der Waals surface area contributed by atoms with Gasteiger partial charge in [-0.05, 0) is 36.8 Å². The zero-order valence-electron chi connectivity index (χ0n) is 15.6. The van der Waals surface area contributed by atoms with Crippen molar-refractivity contribution in [3.05, 3.63) is 77.4 Å². The molecule has 0 spiro atoms. The molecule has 0 fully saturated rings. The van der Waals surface area contributed by atoms with Crippen molar-refractivity contribution in [3.63, 3.8) is 0 Å². The van der Waals surface area contributed by atoms with E-state index in [0.29, 0.717) is 30.3 Å². The summed E-state index contributed by atoms with van der Waals surface area (Å²) in [7, 11) is 0. The van der Waals surface area contributed by atoms with Gasteiger partial charge in [0.15, 0.2) is 5.82 Å². The third-order valence-corrected chi connectivity index (χ3v) is 4.13. The topological polar surface area (TPSA) is 38.7 Å². The molecule has 0 bridgehead atoms. The summed E-state index contributed by atoms with van der Waals surface area (Å²) in [5.74, 6) is -5.79. The van der Waals surface area contributed by atoms with Crippen molar-refractivity contribution in [1.82, 2.24) is 0 Å². The molecule has 0 saturated heterocycles. The Hall–Kier alpha value is -3.43. The molecule has 0 aromatic heterocycles. The van der Waals surface area contributed by atoms with E-state index in [4.69, 9.17) is 0 Å². The Morgan fingerprint density at radius 3 is 1.81 bits per heavy atom. The lowest BCUT2D eigenvalue weighted by molar-refractivity contribution is -0.274. The second-order valence-electron chi connectivity index (χ2n) is 6.45. The summed E-state index contributed by atoms with van der Waals surface area (Å²) >= 11 is 0. The fourth-order valence-corrected chi connectivity index (χ4v) is 2.78. The average Bonchev–Trinajstić information content (AvgIpc) is 2.63. The van der Waals surface area contributed by atoms with E-state index in [1.807, 2.05) is 0 Å². The number of hydrogen-bond donors (Lipinski definition) is 1. The molecule has 0 amide bonds. The van der Waals surface area contributed by atoms with Gasteiger partial charge >= 0.3 is 12.5 Å². The first-order chi connectivity index (χ1) is 14.4. The Balaban J connectivity index is 1.97. The Bertz CT molecular complexity index is 1080. The lowest BCUT2D eigenvalue weighted by Gasteiger charge is -2.21. The number of ether oxygens (including phenoxy) is 2. The fourth-order valence-electron chi connectivity index (χ4n) is 2.78. The minimum atomic E-state index is -4.99. The van der Waals surface area contributed by atoms with E-state index < -0.39 is 52.5 Å². The van der Waals surface area contributed by atoms with Gasteiger partial charge in [0.25, 0.3) is 0 Å². The Morgan fingerprint density at radius 1 is 0.774 bits per heavy atom. The molecule has 0 aliphatic rings. The van der Waals surface area contributed by atoms with Crippen molar-refractivity contribution >= 4 is 0 Å². The summed E-state index contributed by atoms with van der Waals surface area (Å²) in [4.78, 5) is 0. The van der Waals surface area contributed by atoms with E-state index in [9.17, 15) is 35.8 Å². The predicted octanol–water partition coefficient (Wildman–Crippen LogP) is 6.67. The van der Waals surface area contributed by atoms with Crippen LogP contribution in [0, 0.1) is 18.6 Å². The summed E-state index contributed by atoms with van der Waals surface area (Å²) in [6.45, 7) is 1.73. The number of aryl methyl sites for hydroxylation is 1. The molecule has 0 aliphatic carbocycles. The second-order valence-corrected chi connectivity index (χ2v) is 6.45. The van der Waals surface area contributed by atoms with Crippen molar-refractivity contribution in [2.45, 2.75) is 19.4 Å². The average molecular weight is 446 g/mol. The van der Waals surface area contributed by atoms with Crippen molar-refractivity contribution in [3.8, 4) is 28.4 Å². The molecule has 10 heteroatoms. The fraction of sp³-hybridized carbons (Fsp3) is 0.143. The van der Waals surface area contributed by atoms with Gasteiger partial charge in [0.2, 0.25) is 0 Å². The molecule has 0 radical (unpaired) electrons. The van der Waals surface area contributed by atoms with Gasteiger partial charge < -0.3 is 14.6 Å². The number of alkyl halides is 5. The lowest BCUT2D eigenvalue weighted by atomic mass is 9.99. The summed E-state index contributed by atoms with van der Waals surface area (Å²) in [5.41, 5.74) is -1.63. The number of benzene rings is 3. The zero-order valence-corrected chi connectivity index (χ0v) is 15.6.